The quantitative estimate of drug-likeness (QED) is 0.211. The average Bonchev–Trinajstić information content (AvgIpc) is 3.28. The van der Waals surface area contributed by atoms with Crippen LogP contribution in [0.3, 0.4) is 0 Å². The summed E-state index contributed by atoms with van der Waals surface area (Å²) in [7, 11) is 0.296. The Balaban J connectivity index is 0.000000470. The van der Waals surface area contributed by atoms with E-state index in [-0.39, 0.29) is 34.9 Å². The van der Waals surface area contributed by atoms with Crippen molar-refractivity contribution in [1.29, 1.82) is 0 Å². The third-order valence-corrected chi connectivity index (χ3v) is 12.1. The lowest BCUT2D eigenvalue weighted by atomic mass is 9.70. The Morgan fingerprint density at radius 1 is 1.12 bits per heavy atom. The molecule has 7 unspecified atom stereocenters. The van der Waals surface area contributed by atoms with Crippen LogP contribution < -0.4 is 14.4 Å². The standard InChI is InChI=1S/C33H43ClN2O4S.C7H7NO/c1-5-7-23-16-27(34)12-14-28(23)26-19-36-18-25-10-13-29(25)31(39-4)9-6-8-21(2)22(3)41(38)35-33(37)24-11-15-32(40-20-26)30(36)17-24;1-6(9)7-4-2-3-5-8-7/h6,9,11-12,14-17,21-22,25-26,29,31H,5,7-8,10,13,18-20H2,1-4H3,(H,35,37);2-5H,1H3/b9-6+;. The second kappa shape index (κ2) is 17.6. The number of benzene rings is 2. The molecule has 3 aromatic rings. The minimum Gasteiger partial charge on any atom is -0.491 e. The van der Waals surface area contributed by atoms with Gasteiger partial charge < -0.3 is 14.4 Å². The van der Waals surface area contributed by atoms with Crippen LogP contribution in [0, 0.1) is 17.8 Å². The number of aryl methyl sites for hydroxylation is 1. The number of aromatic nitrogens is 1. The number of rotatable bonds is 5. The number of allylic oxidation sites excluding steroid dienone is 1. The van der Waals surface area contributed by atoms with Gasteiger partial charge in [-0.1, -0.05) is 56.2 Å². The van der Waals surface area contributed by atoms with Crippen molar-refractivity contribution >= 4 is 40.0 Å². The first-order chi connectivity index (χ1) is 24.1. The minimum absolute atomic E-state index is 0.00981. The van der Waals surface area contributed by atoms with Crippen LogP contribution in [0.2, 0.25) is 5.02 Å². The van der Waals surface area contributed by atoms with E-state index in [1.807, 2.05) is 25.1 Å². The summed E-state index contributed by atoms with van der Waals surface area (Å²) in [6, 6.07) is 17.1. The number of fused-ring (bicyclic) bond motifs is 2. The number of nitrogens with one attached hydrogen (secondary N) is 1. The molecule has 2 aromatic carbocycles. The molecule has 0 spiro atoms. The number of methoxy groups -OCH3 is 1. The van der Waals surface area contributed by atoms with Gasteiger partial charge in [0.25, 0.3) is 5.91 Å². The van der Waals surface area contributed by atoms with E-state index in [4.69, 9.17) is 21.1 Å². The third-order valence-electron chi connectivity index (χ3n) is 10.3. The number of ether oxygens (including phenoxy) is 2. The SMILES string of the molecule is CC(=O)c1ccccn1.CCCc1cc(Cl)ccc1C1COc2ccc3cc2N(C1)CC1CCC1C(OC)/C=C/CC(C)C(C)S(=O)NC3=O. The van der Waals surface area contributed by atoms with Gasteiger partial charge in [0.05, 0.1) is 23.6 Å². The highest BCUT2D eigenvalue weighted by atomic mass is 35.5. The van der Waals surface area contributed by atoms with Gasteiger partial charge in [0.1, 0.15) is 22.4 Å². The first-order valence-corrected chi connectivity index (χ1v) is 19.3. The first kappa shape index (κ1) is 37.7. The van der Waals surface area contributed by atoms with Gasteiger partial charge in [-0.2, -0.15) is 0 Å². The Bertz CT molecular complexity index is 1680. The Morgan fingerprint density at radius 2 is 1.94 bits per heavy atom. The van der Waals surface area contributed by atoms with Crippen LogP contribution in [-0.4, -0.2) is 59.0 Å². The summed E-state index contributed by atoms with van der Waals surface area (Å²) in [5.74, 6) is 1.65. The van der Waals surface area contributed by atoms with Crippen molar-refractivity contribution in [3.63, 3.8) is 0 Å². The van der Waals surface area contributed by atoms with Crippen LogP contribution in [0.4, 0.5) is 5.69 Å². The zero-order valence-corrected chi connectivity index (χ0v) is 31.3. The van der Waals surface area contributed by atoms with Crippen LogP contribution in [0.1, 0.15) is 91.3 Å². The van der Waals surface area contributed by atoms with Crippen LogP contribution in [0.25, 0.3) is 0 Å². The van der Waals surface area contributed by atoms with Crippen molar-refractivity contribution in [3.8, 4) is 5.75 Å². The van der Waals surface area contributed by atoms with Gasteiger partial charge in [-0.3, -0.25) is 19.3 Å². The highest BCUT2D eigenvalue weighted by molar-refractivity contribution is 7.84. The lowest BCUT2D eigenvalue weighted by molar-refractivity contribution is 0.0134. The Kier molecular flexibility index (Phi) is 13.3. The molecule has 268 valence electrons. The molecular weight excluding hydrogens is 670 g/mol. The Labute approximate surface area is 304 Å². The maximum atomic E-state index is 13.3. The van der Waals surface area contributed by atoms with Crippen LogP contribution in [0.5, 0.6) is 5.75 Å². The average molecular weight is 720 g/mol. The molecule has 0 radical (unpaired) electrons. The summed E-state index contributed by atoms with van der Waals surface area (Å²) < 4.78 is 28.3. The summed E-state index contributed by atoms with van der Waals surface area (Å²) in [6.45, 7) is 9.88. The minimum atomic E-state index is -1.50. The number of hydrogen-bond acceptors (Lipinski definition) is 7. The summed E-state index contributed by atoms with van der Waals surface area (Å²) in [6.07, 6.45) is 11.1. The topological polar surface area (TPSA) is 97.8 Å². The predicted octanol–water partition coefficient (Wildman–Crippen LogP) is 7.98. The van der Waals surface area contributed by atoms with Crippen LogP contribution in [0.15, 0.2) is 72.9 Å². The lowest BCUT2D eigenvalue weighted by Gasteiger charge is -2.43. The smallest absolute Gasteiger partial charge is 0.263 e. The second-order valence-electron chi connectivity index (χ2n) is 13.7. The zero-order chi connectivity index (χ0) is 35.8. The molecule has 1 aliphatic carbocycles. The molecule has 1 amide bonds. The van der Waals surface area contributed by atoms with E-state index >= 15 is 0 Å². The van der Waals surface area contributed by atoms with Crippen LogP contribution in [-0.2, 0) is 22.1 Å². The van der Waals surface area contributed by atoms with E-state index in [1.165, 1.54) is 18.1 Å². The van der Waals surface area contributed by atoms with Gasteiger partial charge in [0.15, 0.2) is 5.78 Å². The monoisotopic (exact) mass is 719 g/mol. The molecule has 7 atom stereocenters. The Morgan fingerprint density at radius 3 is 2.60 bits per heavy atom. The molecular formula is C40H50ClN3O5S. The third kappa shape index (κ3) is 9.22. The maximum absolute atomic E-state index is 13.3. The number of ketones is 1. The van der Waals surface area contributed by atoms with Gasteiger partial charge in [0, 0.05) is 49.8 Å². The fourth-order valence-electron chi connectivity index (χ4n) is 7.03. The maximum Gasteiger partial charge on any atom is 0.263 e. The largest absolute Gasteiger partial charge is 0.491 e. The summed E-state index contributed by atoms with van der Waals surface area (Å²) in [5, 5.41) is 0.569. The van der Waals surface area contributed by atoms with Crippen molar-refractivity contribution in [3.05, 3.63) is 100 Å². The molecule has 8 nitrogen and oxygen atoms in total. The number of halogens is 1. The Hall–Kier alpha value is -3.53. The molecule has 1 fully saturated rings. The second-order valence-corrected chi connectivity index (χ2v) is 15.7. The number of hydrogen-bond donors (Lipinski definition) is 1. The van der Waals surface area contributed by atoms with Crippen molar-refractivity contribution < 1.29 is 23.3 Å². The molecule has 1 saturated carbocycles. The molecule has 50 heavy (non-hydrogen) atoms. The van der Waals surface area contributed by atoms with E-state index in [2.05, 4.69) is 52.7 Å². The molecule has 6 rings (SSSR count). The molecule has 3 aliphatic rings. The van der Waals surface area contributed by atoms with Crippen molar-refractivity contribution in [2.75, 3.05) is 31.7 Å². The molecule has 0 saturated heterocycles. The number of anilines is 1. The fraction of sp³-hybridized carbons (Fsp3) is 0.475. The van der Waals surface area contributed by atoms with Gasteiger partial charge in [-0.15, -0.1) is 0 Å². The van der Waals surface area contributed by atoms with Gasteiger partial charge >= 0.3 is 0 Å². The van der Waals surface area contributed by atoms with E-state index in [9.17, 15) is 13.8 Å². The lowest BCUT2D eigenvalue weighted by Crippen LogP contribution is -2.44. The predicted molar refractivity (Wildman–Crippen MR) is 202 cm³/mol. The molecule has 10 heteroatoms. The zero-order valence-electron chi connectivity index (χ0n) is 29.8. The van der Waals surface area contributed by atoms with E-state index < -0.39 is 11.0 Å². The highest BCUT2D eigenvalue weighted by Crippen LogP contribution is 2.43. The van der Waals surface area contributed by atoms with Crippen molar-refractivity contribution in [2.24, 2.45) is 17.8 Å². The first-order valence-electron chi connectivity index (χ1n) is 17.7. The number of nitrogens with zero attached hydrogens (tertiary/aromatic N) is 2. The molecule has 2 bridgehead atoms. The molecule has 1 aromatic heterocycles. The number of carbonyl (C=O) groups excluding carboxylic acids is 2. The van der Waals surface area contributed by atoms with Gasteiger partial charge in [-0.05, 0) is 104 Å². The normalized spacial score (nSPS) is 27.2. The molecule has 1 N–H and O–H groups in total. The van der Waals surface area contributed by atoms with Gasteiger partial charge in [-0.25, -0.2) is 4.21 Å². The van der Waals surface area contributed by atoms with Crippen molar-refractivity contribution in [2.45, 2.75) is 77.1 Å². The van der Waals surface area contributed by atoms with E-state index in [0.717, 1.165) is 61.7 Å². The van der Waals surface area contributed by atoms with Gasteiger partial charge in [0.2, 0.25) is 0 Å². The number of carbonyl (C=O) groups is 2. The van der Waals surface area contributed by atoms with E-state index in [0.29, 0.717) is 29.7 Å². The van der Waals surface area contributed by atoms with E-state index in [1.54, 1.807) is 37.6 Å². The number of amides is 1. The number of Topliss-reactive ketones (excluding diaryl/α,β-unsaturated/α-hetero) is 1. The molecule has 2 aliphatic heterocycles. The highest BCUT2D eigenvalue weighted by Gasteiger charge is 2.39. The molecule has 3 heterocycles. The summed E-state index contributed by atoms with van der Waals surface area (Å²) in [4.78, 5) is 30.1. The number of pyridine rings is 1. The summed E-state index contributed by atoms with van der Waals surface area (Å²) in [5.41, 5.74) is 4.48. The fourth-order valence-corrected chi connectivity index (χ4v) is 8.25. The summed E-state index contributed by atoms with van der Waals surface area (Å²) >= 11 is 6.40. The van der Waals surface area contributed by atoms with Crippen LogP contribution >= 0.6 is 11.6 Å². The van der Waals surface area contributed by atoms with Crippen molar-refractivity contribution in [1.82, 2.24) is 9.71 Å².